The van der Waals surface area contributed by atoms with Gasteiger partial charge in [-0.25, -0.2) is 0 Å². The largest absolute Gasteiger partial charge is 0.492 e. The molecule has 0 atom stereocenters. The fourth-order valence-electron chi connectivity index (χ4n) is 2.75. The van der Waals surface area contributed by atoms with Gasteiger partial charge in [0.15, 0.2) is 5.96 Å². The van der Waals surface area contributed by atoms with Gasteiger partial charge < -0.3 is 20.3 Å². The molecule has 0 unspecified atom stereocenters. The molecule has 0 fully saturated rings. The van der Waals surface area contributed by atoms with Gasteiger partial charge in [0, 0.05) is 32.2 Å². The highest BCUT2D eigenvalue weighted by Crippen LogP contribution is 2.17. The molecule has 146 valence electrons. The van der Waals surface area contributed by atoms with Crippen LogP contribution in [0.2, 0.25) is 0 Å². The molecule has 5 nitrogen and oxygen atoms in total. The van der Waals surface area contributed by atoms with Crippen LogP contribution in [0.15, 0.2) is 47.5 Å². The maximum Gasteiger partial charge on any atom is 0.191 e. The molecule has 0 amide bonds. The van der Waals surface area contributed by atoms with Crippen molar-refractivity contribution in [2.75, 3.05) is 34.3 Å². The summed E-state index contributed by atoms with van der Waals surface area (Å²) in [4.78, 5) is 6.44. The van der Waals surface area contributed by atoms with Crippen LogP contribution >= 0.6 is 0 Å². The number of guanidine groups is 1. The minimum Gasteiger partial charge on any atom is -0.492 e. The third-order valence-electron chi connectivity index (χ3n) is 4.38. The quantitative estimate of drug-likeness (QED) is 0.555. The second kappa shape index (κ2) is 10.6. The molecule has 0 aromatic heterocycles. The number of ether oxygens (including phenoxy) is 1. The molecule has 2 N–H and O–H groups in total. The van der Waals surface area contributed by atoms with Gasteiger partial charge in [0.2, 0.25) is 0 Å². The molecule has 27 heavy (non-hydrogen) atoms. The second-order valence-electron chi connectivity index (χ2n) is 6.97. The number of hydrogen-bond donors (Lipinski definition) is 2. The number of likely N-dealkylation sites (N-methyl/N-ethyl adjacent to an activating group) is 1. The Morgan fingerprint density at radius 2 is 1.70 bits per heavy atom. The van der Waals surface area contributed by atoms with E-state index in [1.54, 1.807) is 7.05 Å². The number of rotatable bonds is 8. The Labute approximate surface area is 163 Å². The number of aryl methyl sites for hydroxylation is 2. The summed E-state index contributed by atoms with van der Waals surface area (Å²) in [6.45, 7) is 7.21. The lowest BCUT2D eigenvalue weighted by molar-refractivity contribution is 0.259. The Hall–Kier alpha value is -2.53. The zero-order valence-electron chi connectivity index (χ0n) is 17.2. The highest BCUT2D eigenvalue weighted by Gasteiger charge is 2.06. The van der Waals surface area contributed by atoms with E-state index in [4.69, 9.17) is 4.74 Å². The van der Waals surface area contributed by atoms with E-state index in [9.17, 15) is 0 Å². The van der Waals surface area contributed by atoms with E-state index in [1.165, 1.54) is 16.7 Å². The second-order valence-corrected chi connectivity index (χ2v) is 6.97. The van der Waals surface area contributed by atoms with Gasteiger partial charge in [-0.2, -0.15) is 0 Å². The number of para-hydroxylation sites is 1. The minimum atomic E-state index is 0.657. The zero-order valence-corrected chi connectivity index (χ0v) is 17.2. The van der Waals surface area contributed by atoms with E-state index >= 15 is 0 Å². The molecule has 0 bridgehead atoms. The molecule has 5 heteroatoms. The van der Waals surface area contributed by atoms with E-state index < -0.39 is 0 Å². The standard InChI is InChI=1S/C22H32N4O/c1-17-10-11-19(18(2)14-17)15-24-22(23-3)25-16-20-8-6-7-9-21(20)27-13-12-26(4)5/h6-11,14H,12-13,15-16H2,1-5H3,(H2,23,24,25). The van der Waals surface area contributed by atoms with Crippen molar-refractivity contribution >= 4 is 5.96 Å². The van der Waals surface area contributed by atoms with Gasteiger partial charge in [0.1, 0.15) is 12.4 Å². The van der Waals surface area contributed by atoms with E-state index in [0.29, 0.717) is 13.2 Å². The van der Waals surface area contributed by atoms with E-state index in [1.807, 2.05) is 32.3 Å². The molecular formula is C22H32N4O. The van der Waals surface area contributed by atoms with Crippen molar-refractivity contribution in [1.82, 2.24) is 15.5 Å². The molecule has 0 heterocycles. The van der Waals surface area contributed by atoms with Crippen LogP contribution in [-0.2, 0) is 13.1 Å². The van der Waals surface area contributed by atoms with Gasteiger partial charge >= 0.3 is 0 Å². The van der Waals surface area contributed by atoms with Crippen LogP contribution in [-0.4, -0.2) is 45.2 Å². The summed E-state index contributed by atoms with van der Waals surface area (Å²) in [5.74, 6) is 1.69. The molecule has 0 radical (unpaired) electrons. The van der Waals surface area contributed by atoms with Gasteiger partial charge in [0.05, 0.1) is 0 Å². The number of benzene rings is 2. The first-order chi connectivity index (χ1) is 13.0. The lowest BCUT2D eigenvalue weighted by Crippen LogP contribution is -2.36. The van der Waals surface area contributed by atoms with E-state index in [2.05, 4.69) is 58.6 Å². The van der Waals surface area contributed by atoms with Crippen molar-refractivity contribution < 1.29 is 4.74 Å². The number of aliphatic imine (C=N–C) groups is 1. The third-order valence-corrected chi connectivity index (χ3v) is 4.38. The zero-order chi connectivity index (χ0) is 19.6. The van der Waals surface area contributed by atoms with E-state index in [0.717, 1.165) is 30.4 Å². The fraction of sp³-hybridized carbons (Fsp3) is 0.409. The SMILES string of the molecule is CN=C(NCc1ccc(C)cc1C)NCc1ccccc1OCCN(C)C. The summed E-state index contributed by atoms with van der Waals surface area (Å²) < 4.78 is 5.93. The normalized spacial score (nSPS) is 11.6. The average Bonchev–Trinajstić information content (AvgIpc) is 2.64. The minimum absolute atomic E-state index is 0.657. The molecule has 0 saturated carbocycles. The molecule has 0 saturated heterocycles. The Balaban J connectivity index is 1.90. The maximum absolute atomic E-state index is 5.93. The first-order valence-electron chi connectivity index (χ1n) is 9.35. The van der Waals surface area contributed by atoms with E-state index in [-0.39, 0.29) is 0 Å². The van der Waals surface area contributed by atoms with Gasteiger partial charge in [-0.1, -0.05) is 42.0 Å². The van der Waals surface area contributed by atoms with Crippen LogP contribution in [0.1, 0.15) is 22.3 Å². The lowest BCUT2D eigenvalue weighted by Gasteiger charge is -2.16. The van der Waals surface area contributed by atoms with Gasteiger partial charge in [0.25, 0.3) is 0 Å². The van der Waals surface area contributed by atoms with Crippen molar-refractivity contribution in [3.8, 4) is 5.75 Å². The summed E-state index contributed by atoms with van der Waals surface area (Å²) >= 11 is 0. The van der Waals surface area contributed by atoms with Crippen LogP contribution < -0.4 is 15.4 Å². The molecule has 2 aromatic carbocycles. The predicted octanol–water partition coefficient (Wildman–Crippen LogP) is 3.11. The Bertz CT molecular complexity index is 756. The van der Waals surface area contributed by atoms with Crippen molar-refractivity contribution in [2.45, 2.75) is 26.9 Å². The van der Waals surface area contributed by atoms with Crippen LogP contribution in [0.4, 0.5) is 0 Å². The van der Waals surface area contributed by atoms with Crippen molar-refractivity contribution in [1.29, 1.82) is 0 Å². The van der Waals surface area contributed by atoms with Gasteiger partial charge in [-0.3, -0.25) is 4.99 Å². The molecule has 2 rings (SSSR count). The molecule has 2 aromatic rings. The summed E-state index contributed by atoms with van der Waals surface area (Å²) in [5.41, 5.74) is 4.96. The highest BCUT2D eigenvalue weighted by atomic mass is 16.5. The first kappa shape index (κ1) is 20.8. The molecule has 0 aliphatic heterocycles. The topological polar surface area (TPSA) is 48.9 Å². The van der Waals surface area contributed by atoms with Crippen molar-refractivity contribution in [2.24, 2.45) is 4.99 Å². The number of nitrogens with one attached hydrogen (secondary N) is 2. The summed E-state index contributed by atoms with van der Waals surface area (Å²) in [5, 5.41) is 6.76. The summed E-state index contributed by atoms with van der Waals surface area (Å²) in [6, 6.07) is 14.6. The van der Waals surface area contributed by atoms with Gasteiger partial charge in [-0.05, 0) is 45.1 Å². The van der Waals surface area contributed by atoms with Crippen LogP contribution in [0.25, 0.3) is 0 Å². The Kier molecular flexibility index (Phi) is 8.14. The van der Waals surface area contributed by atoms with Crippen LogP contribution in [0, 0.1) is 13.8 Å². The Morgan fingerprint density at radius 1 is 1.00 bits per heavy atom. The maximum atomic E-state index is 5.93. The highest BCUT2D eigenvalue weighted by molar-refractivity contribution is 5.79. The summed E-state index contributed by atoms with van der Waals surface area (Å²) in [7, 11) is 5.88. The number of nitrogens with zero attached hydrogens (tertiary/aromatic N) is 2. The lowest BCUT2D eigenvalue weighted by atomic mass is 10.1. The fourth-order valence-corrected chi connectivity index (χ4v) is 2.75. The molecule has 0 aliphatic rings. The van der Waals surface area contributed by atoms with Crippen LogP contribution in [0.5, 0.6) is 5.75 Å². The monoisotopic (exact) mass is 368 g/mol. The third kappa shape index (κ3) is 6.94. The molecule has 0 spiro atoms. The summed E-state index contributed by atoms with van der Waals surface area (Å²) in [6.07, 6.45) is 0. The smallest absolute Gasteiger partial charge is 0.191 e. The predicted molar refractivity (Wildman–Crippen MR) is 113 cm³/mol. The molecule has 0 aliphatic carbocycles. The average molecular weight is 369 g/mol. The van der Waals surface area contributed by atoms with Crippen molar-refractivity contribution in [3.63, 3.8) is 0 Å². The van der Waals surface area contributed by atoms with Gasteiger partial charge in [-0.15, -0.1) is 0 Å². The van der Waals surface area contributed by atoms with Crippen LogP contribution in [0.3, 0.4) is 0 Å². The Morgan fingerprint density at radius 3 is 2.37 bits per heavy atom. The first-order valence-corrected chi connectivity index (χ1v) is 9.35. The van der Waals surface area contributed by atoms with Crippen molar-refractivity contribution in [3.05, 3.63) is 64.7 Å². The molecular weight excluding hydrogens is 336 g/mol. The number of hydrogen-bond acceptors (Lipinski definition) is 3.